The fourth-order valence-electron chi connectivity index (χ4n) is 2.50. The van der Waals surface area contributed by atoms with Crippen molar-refractivity contribution in [1.29, 1.82) is 0 Å². The van der Waals surface area contributed by atoms with Gasteiger partial charge in [0.05, 0.1) is 6.21 Å². The quantitative estimate of drug-likeness (QED) is 0.360. The molecule has 6 nitrogen and oxygen atoms in total. The van der Waals surface area contributed by atoms with Gasteiger partial charge in [0.25, 0.3) is 0 Å². The van der Waals surface area contributed by atoms with Crippen LogP contribution in [0, 0.1) is 5.82 Å². The van der Waals surface area contributed by atoms with E-state index in [4.69, 9.17) is 4.74 Å². The monoisotopic (exact) mass is 405 g/mol. The molecule has 0 saturated heterocycles. The highest BCUT2D eigenvalue weighted by Gasteiger charge is 2.11. The Kier molecular flexibility index (Phi) is 7.27. The zero-order valence-electron chi connectivity index (χ0n) is 16.0. The van der Waals surface area contributed by atoms with Gasteiger partial charge < -0.3 is 10.1 Å². The third-order valence-electron chi connectivity index (χ3n) is 4.11. The number of amides is 2. The molecule has 0 fully saturated rings. The summed E-state index contributed by atoms with van der Waals surface area (Å²) in [6.07, 6.45) is 1.41. The van der Waals surface area contributed by atoms with E-state index >= 15 is 0 Å². The number of ether oxygens (including phenoxy) is 1. The van der Waals surface area contributed by atoms with Gasteiger partial charge in [0, 0.05) is 12.1 Å². The van der Waals surface area contributed by atoms with Gasteiger partial charge in [-0.25, -0.2) is 9.82 Å². The van der Waals surface area contributed by atoms with Crippen molar-refractivity contribution in [3.8, 4) is 5.75 Å². The molecule has 2 amide bonds. The lowest BCUT2D eigenvalue weighted by Gasteiger charge is -2.07. The highest BCUT2D eigenvalue weighted by atomic mass is 19.1. The van der Waals surface area contributed by atoms with Crippen molar-refractivity contribution < 1.29 is 18.7 Å². The predicted octanol–water partition coefficient (Wildman–Crippen LogP) is 3.17. The number of hydrazone groups is 1. The van der Waals surface area contributed by atoms with Crippen molar-refractivity contribution in [3.05, 3.63) is 101 Å². The molecule has 3 rings (SSSR count). The summed E-state index contributed by atoms with van der Waals surface area (Å²) in [5.74, 6) is -1.37. The molecule has 7 heteroatoms. The molecule has 0 bridgehead atoms. The second-order valence-corrected chi connectivity index (χ2v) is 6.32. The summed E-state index contributed by atoms with van der Waals surface area (Å²) in [7, 11) is 0. The van der Waals surface area contributed by atoms with Crippen molar-refractivity contribution in [1.82, 2.24) is 10.7 Å². The summed E-state index contributed by atoms with van der Waals surface area (Å²) >= 11 is 0. The summed E-state index contributed by atoms with van der Waals surface area (Å²) in [6, 6.07) is 22.5. The average Bonchev–Trinajstić information content (AvgIpc) is 2.78. The first-order valence-electron chi connectivity index (χ1n) is 9.23. The molecule has 3 aromatic rings. The van der Waals surface area contributed by atoms with Crippen LogP contribution < -0.4 is 15.5 Å². The van der Waals surface area contributed by atoms with Crippen molar-refractivity contribution in [2.45, 2.75) is 13.2 Å². The summed E-state index contributed by atoms with van der Waals surface area (Å²) in [4.78, 5) is 23.5. The van der Waals surface area contributed by atoms with Gasteiger partial charge in [-0.2, -0.15) is 5.10 Å². The van der Waals surface area contributed by atoms with E-state index in [1.165, 1.54) is 12.3 Å². The summed E-state index contributed by atoms with van der Waals surface area (Å²) < 4.78 is 19.2. The van der Waals surface area contributed by atoms with Gasteiger partial charge in [-0.3, -0.25) is 9.59 Å². The van der Waals surface area contributed by atoms with Crippen LogP contribution in [0.4, 0.5) is 4.39 Å². The average molecular weight is 405 g/mol. The molecule has 0 aliphatic carbocycles. The molecule has 0 heterocycles. The summed E-state index contributed by atoms with van der Waals surface area (Å²) in [6.45, 7) is 0.374. The molecular formula is C23H20FN3O3. The predicted molar refractivity (Wildman–Crippen MR) is 111 cm³/mol. The van der Waals surface area contributed by atoms with E-state index in [-0.39, 0.29) is 19.0 Å². The number of rotatable bonds is 7. The van der Waals surface area contributed by atoms with Crippen LogP contribution in [0.25, 0.3) is 0 Å². The maximum Gasteiger partial charge on any atom is 0.329 e. The molecule has 0 radical (unpaired) electrons. The normalized spacial score (nSPS) is 10.6. The zero-order chi connectivity index (χ0) is 21.2. The highest BCUT2D eigenvalue weighted by molar-refractivity contribution is 6.35. The number of hydrogen-bond donors (Lipinski definition) is 2. The first-order chi connectivity index (χ1) is 14.6. The first kappa shape index (κ1) is 20.7. The van der Waals surface area contributed by atoms with E-state index in [1.807, 2.05) is 30.3 Å². The number of halogens is 1. The Morgan fingerprint density at radius 3 is 2.33 bits per heavy atom. The van der Waals surface area contributed by atoms with E-state index in [1.54, 1.807) is 42.5 Å². The first-order valence-corrected chi connectivity index (χ1v) is 9.23. The molecule has 30 heavy (non-hydrogen) atoms. The fourth-order valence-corrected chi connectivity index (χ4v) is 2.50. The fraction of sp³-hybridized carbons (Fsp3) is 0.0870. The van der Waals surface area contributed by atoms with Gasteiger partial charge in [-0.05, 0) is 41.5 Å². The highest BCUT2D eigenvalue weighted by Crippen LogP contribution is 2.15. The second-order valence-electron chi connectivity index (χ2n) is 6.32. The number of nitrogens with one attached hydrogen (secondary N) is 2. The van der Waals surface area contributed by atoms with E-state index in [0.717, 1.165) is 5.56 Å². The minimum Gasteiger partial charge on any atom is -0.489 e. The molecule has 3 aromatic carbocycles. The van der Waals surface area contributed by atoms with Gasteiger partial charge in [0.15, 0.2) is 0 Å². The Labute approximate surface area is 173 Å². The lowest BCUT2D eigenvalue weighted by atomic mass is 10.2. The van der Waals surface area contributed by atoms with Crippen LogP contribution in [0.5, 0.6) is 5.75 Å². The minimum absolute atomic E-state index is 0.119. The Bertz CT molecular complexity index is 1020. The molecule has 0 unspecified atom stereocenters. The molecule has 152 valence electrons. The van der Waals surface area contributed by atoms with E-state index in [0.29, 0.717) is 16.9 Å². The van der Waals surface area contributed by atoms with Crippen molar-refractivity contribution in [3.63, 3.8) is 0 Å². The van der Waals surface area contributed by atoms with Crippen LogP contribution in [0.2, 0.25) is 0 Å². The molecule has 0 aromatic heterocycles. The van der Waals surface area contributed by atoms with E-state index in [2.05, 4.69) is 15.8 Å². The minimum atomic E-state index is -0.855. The number of carbonyl (C=O) groups excluding carboxylic acids is 2. The lowest BCUT2D eigenvalue weighted by Crippen LogP contribution is -2.37. The topological polar surface area (TPSA) is 79.8 Å². The van der Waals surface area contributed by atoms with Gasteiger partial charge in [0.1, 0.15) is 18.2 Å². The number of benzene rings is 3. The van der Waals surface area contributed by atoms with Crippen LogP contribution in [-0.2, 0) is 22.7 Å². The Balaban J connectivity index is 1.43. The summed E-state index contributed by atoms with van der Waals surface area (Å²) in [5, 5.41) is 6.29. The van der Waals surface area contributed by atoms with Gasteiger partial charge in [-0.15, -0.1) is 0 Å². The largest absolute Gasteiger partial charge is 0.489 e. The Morgan fingerprint density at radius 2 is 1.60 bits per heavy atom. The van der Waals surface area contributed by atoms with Crippen molar-refractivity contribution in [2.75, 3.05) is 0 Å². The van der Waals surface area contributed by atoms with Gasteiger partial charge in [0.2, 0.25) is 0 Å². The van der Waals surface area contributed by atoms with Crippen LogP contribution in [0.3, 0.4) is 0 Å². The Hall–Kier alpha value is -4.00. The van der Waals surface area contributed by atoms with Crippen LogP contribution in [0.15, 0.2) is 84.0 Å². The SMILES string of the molecule is O=C(NCc1ccccc1)C(=O)N/N=C\c1ccc(OCc2ccccc2F)cc1. The lowest BCUT2D eigenvalue weighted by molar-refractivity contribution is -0.139. The number of hydrogen-bond acceptors (Lipinski definition) is 4. The van der Waals surface area contributed by atoms with Gasteiger partial charge >= 0.3 is 11.8 Å². The smallest absolute Gasteiger partial charge is 0.329 e. The standard InChI is InChI=1S/C23H20FN3O3/c24-21-9-5-4-8-19(21)16-30-20-12-10-18(11-13-20)15-26-27-23(29)22(28)25-14-17-6-2-1-3-7-17/h1-13,15H,14,16H2,(H,25,28)(H,27,29)/b26-15-. The van der Waals surface area contributed by atoms with Crippen LogP contribution >= 0.6 is 0 Å². The molecular weight excluding hydrogens is 385 g/mol. The maximum atomic E-state index is 13.6. The third kappa shape index (κ3) is 6.27. The molecule has 0 atom stereocenters. The van der Waals surface area contributed by atoms with E-state index < -0.39 is 11.8 Å². The van der Waals surface area contributed by atoms with Crippen molar-refractivity contribution >= 4 is 18.0 Å². The molecule has 0 saturated carbocycles. The van der Waals surface area contributed by atoms with E-state index in [9.17, 15) is 14.0 Å². The maximum absolute atomic E-state index is 13.6. The van der Waals surface area contributed by atoms with Crippen molar-refractivity contribution in [2.24, 2.45) is 5.10 Å². The molecule has 0 spiro atoms. The van der Waals surface area contributed by atoms with Crippen LogP contribution in [-0.4, -0.2) is 18.0 Å². The summed E-state index contributed by atoms with van der Waals surface area (Å²) in [5.41, 5.74) is 4.23. The molecule has 2 N–H and O–H groups in total. The second kappa shape index (κ2) is 10.5. The Morgan fingerprint density at radius 1 is 0.900 bits per heavy atom. The molecule has 0 aliphatic rings. The number of nitrogens with zero attached hydrogens (tertiary/aromatic N) is 1. The van der Waals surface area contributed by atoms with Gasteiger partial charge in [-0.1, -0.05) is 48.5 Å². The zero-order valence-corrected chi connectivity index (χ0v) is 16.0. The molecule has 0 aliphatic heterocycles. The third-order valence-corrected chi connectivity index (χ3v) is 4.11. The number of carbonyl (C=O) groups is 2. The van der Waals surface area contributed by atoms with Crippen LogP contribution in [0.1, 0.15) is 16.7 Å².